The third kappa shape index (κ3) is 2.60. The van der Waals surface area contributed by atoms with Crippen molar-refractivity contribution in [1.82, 2.24) is 0 Å². The van der Waals surface area contributed by atoms with Crippen molar-refractivity contribution < 1.29 is 19.4 Å². The van der Waals surface area contributed by atoms with Crippen LogP contribution < -0.4 is 0 Å². The Morgan fingerprint density at radius 3 is 2.48 bits per heavy atom. The Hall–Kier alpha value is -1.65. The number of ketones is 1. The van der Waals surface area contributed by atoms with Gasteiger partial charge >= 0.3 is 0 Å². The maximum atomic E-state index is 13.5. The molecule has 2 aliphatic heterocycles. The van der Waals surface area contributed by atoms with E-state index in [-0.39, 0.29) is 29.5 Å². The molecule has 4 rings (SSSR count). The second-order valence-electron chi connectivity index (χ2n) is 8.19. The topological polar surface area (TPSA) is 55.8 Å². The second kappa shape index (κ2) is 6.75. The molecule has 2 saturated heterocycles. The van der Waals surface area contributed by atoms with Crippen molar-refractivity contribution in [2.24, 2.45) is 11.8 Å². The summed E-state index contributed by atoms with van der Waals surface area (Å²) < 4.78 is 12.0. The highest BCUT2D eigenvalue weighted by molar-refractivity contribution is 6.26. The first-order valence-corrected chi connectivity index (χ1v) is 10.3. The number of aryl methyl sites for hydroxylation is 3. The number of hydrogen-bond donors (Lipinski definition) is 1. The third-order valence-corrected chi connectivity index (χ3v) is 6.67. The van der Waals surface area contributed by atoms with Crippen molar-refractivity contribution in [3.63, 3.8) is 0 Å². The zero-order chi connectivity index (χ0) is 19.3. The van der Waals surface area contributed by atoms with Crippen LogP contribution in [0.3, 0.4) is 0 Å². The summed E-state index contributed by atoms with van der Waals surface area (Å²) in [6.45, 7) is 9.33. The molecule has 4 heteroatoms. The van der Waals surface area contributed by atoms with E-state index in [0.717, 1.165) is 42.4 Å². The molecule has 2 fully saturated rings. The van der Waals surface area contributed by atoms with E-state index < -0.39 is 5.60 Å². The van der Waals surface area contributed by atoms with Crippen LogP contribution in [-0.4, -0.2) is 35.8 Å². The number of aliphatic hydroxyl groups excluding tert-OH is 1. The third-order valence-electron chi connectivity index (χ3n) is 6.67. The number of aliphatic hydroxyl groups is 1. The van der Waals surface area contributed by atoms with Gasteiger partial charge in [0.05, 0.1) is 30.1 Å². The number of Topliss-reactive ketones (excluding diaryl/α,β-unsaturated/α-hetero) is 1. The first-order valence-electron chi connectivity index (χ1n) is 10.3. The first-order chi connectivity index (χ1) is 13.0. The molecular weight excluding hydrogens is 340 g/mol. The molecule has 0 radical (unpaired) electrons. The van der Waals surface area contributed by atoms with Crippen molar-refractivity contribution in [1.29, 1.82) is 0 Å². The molecule has 1 aromatic rings. The highest BCUT2D eigenvalue weighted by Gasteiger charge is 2.66. The molecule has 1 aromatic carbocycles. The highest BCUT2D eigenvalue weighted by atomic mass is 16.6. The lowest BCUT2D eigenvalue weighted by atomic mass is 9.73. The van der Waals surface area contributed by atoms with E-state index in [2.05, 4.69) is 32.9 Å². The summed E-state index contributed by atoms with van der Waals surface area (Å²) in [4.78, 5) is 13.5. The zero-order valence-corrected chi connectivity index (χ0v) is 16.8. The predicted octanol–water partition coefficient (Wildman–Crippen LogP) is 4.17. The Labute approximate surface area is 161 Å². The molecule has 0 amide bonds. The number of hydrogen-bond acceptors (Lipinski definition) is 4. The molecule has 0 saturated carbocycles. The van der Waals surface area contributed by atoms with Crippen LogP contribution in [0.15, 0.2) is 17.9 Å². The number of fused-ring (bicyclic) bond motifs is 5. The predicted molar refractivity (Wildman–Crippen MR) is 105 cm³/mol. The molecular formula is C23H30O4. The number of benzene rings is 1. The zero-order valence-electron chi connectivity index (χ0n) is 16.8. The summed E-state index contributed by atoms with van der Waals surface area (Å²) in [5.41, 5.74) is 4.47. The molecule has 27 heavy (non-hydrogen) atoms. The lowest BCUT2D eigenvalue weighted by Crippen LogP contribution is -2.42. The van der Waals surface area contributed by atoms with Gasteiger partial charge in [-0.1, -0.05) is 31.5 Å². The van der Waals surface area contributed by atoms with Gasteiger partial charge in [0.1, 0.15) is 11.4 Å². The smallest absolute Gasteiger partial charge is 0.173 e. The van der Waals surface area contributed by atoms with Gasteiger partial charge in [-0.05, 0) is 56.2 Å². The highest BCUT2D eigenvalue weighted by Crippen LogP contribution is 2.59. The summed E-state index contributed by atoms with van der Waals surface area (Å²) >= 11 is 0. The Bertz CT molecular complexity index is 784. The number of carbonyl (C=O) groups is 1. The monoisotopic (exact) mass is 370 g/mol. The first kappa shape index (κ1) is 18.7. The van der Waals surface area contributed by atoms with E-state index in [1.807, 2.05) is 6.92 Å². The standard InChI is InChI=1S/C23H30O4/c1-5-14-10-13(4)11-15(6-2)17(14)19-21(24)18-16-8-9-23(27-16,12-26-7-3)20(18)22(19)25/h10-11,16,18,20,25H,5-9,12H2,1-4H3/t16-,18-,20+,23-/m0/s1. The van der Waals surface area contributed by atoms with Crippen molar-refractivity contribution in [3.8, 4) is 0 Å². The SMILES string of the molecule is CCOC[C@]12CC[C@H](O1)[C@@H]1C(=O)C(c3c(CC)cc(C)cc3CC)=C(O)[C@@H]12. The van der Waals surface area contributed by atoms with Gasteiger partial charge in [0.25, 0.3) is 0 Å². The van der Waals surface area contributed by atoms with Gasteiger partial charge in [-0.25, -0.2) is 0 Å². The van der Waals surface area contributed by atoms with Crippen LogP contribution in [0.25, 0.3) is 5.57 Å². The minimum Gasteiger partial charge on any atom is -0.511 e. The fourth-order valence-corrected chi connectivity index (χ4v) is 5.56. The molecule has 4 nitrogen and oxygen atoms in total. The van der Waals surface area contributed by atoms with Crippen LogP contribution in [0.5, 0.6) is 0 Å². The number of rotatable bonds is 6. The molecule has 146 valence electrons. The molecule has 0 spiro atoms. The van der Waals surface area contributed by atoms with Gasteiger partial charge in [0, 0.05) is 6.61 Å². The Morgan fingerprint density at radius 1 is 1.22 bits per heavy atom. The minimum atomic E-state index is -0.545. The average Bonchev–Trinajstić information content (AvgIpc) is 3.30. The lowest BCUT2D eigenvalue weighted by Gasteiger charge is -2.32. The van der Waals surface area contributed by atoms with Crippen molar-refractivity contribution in [2.75, 3.05) is 13.2 Å². The molecule has 4 atom stereocenters. The van der Waals surface area contributed by atoms with E-state index in [1.54, 1.807) is 0 Å². The molecule has 0 aromatic heterocycles. The Kier molecular flexibility index (Phi) is 4.68. The molecule has 2 bridgehead atoms. The quantitative estimate of drug-likeness (QED) is 0.816. The summed E-state index contributed by atoms with van der Waals surface area (Å²) in [6, 6.07) is 4.30. The van der Waals surface area contributed by atoms with Crippen molar-refractivity contribution in [2.45, 2.75) is 65.1 Å². The summed E-state index contributed by atoms with van der Waals surface area (Å²) in [7, 11) is 0. The van der Waals surface area contributed by atoms with Crippen LogP contribution in [0.1, 0.15) is 55.9 Å². The van der Waals surface area contributed by atoms with E-state index >= 15 is 0 Å². The molecule has 2 heterocycles. The van der Waals surface area contributed by atoms with E-state index in [4.69, 9.17) is 9.47 Å². The van der Waals surface area contributed by atoms with Gasteiger partial charge in [-0.2, -0.15) is 0 Å². The largest absolute Gasteiger partial charge is 0.511 e. The summed E-state index contributed by atoms with van der Waals surface area (Å²) in [5.74, 6) is -0.222. The van der Waals surface area contributed by atoms with Gasteiger partial charge in [0.15, 0.2) is 5.78 Å². The van der Waals surface area contributed by atoms with Crippen molar-refractivity contribution >= 4 is 11.4 Å². The van der Waals surface area contributed by atoms with Crippen LogP contribution >= 0.6 is 0 Å². The van der Waals surface area contributed by atoms with E-state index in [0.29, 0.717) is 18.8 Å². The number of allylic oxidation sites excluding steroid dienone is 1. The maximum Gasteiger partial charge on any atom is 0.173 e. The number of carbonyl (C=O) groups excluding carboxylic acids is 1. The lowest BCUT2D eigenvalue weighted by molar-refractivity contribution is -0.118. The van der Waals surface area contributed by atoms with Gasteiger partial charge in [0.2, 0.25) is 0 Å². The summed E-state index contributed by atoms with van der Waals surface area (Å²) in [5, 5.41) is 11.3. The Morgan fingerprint density at radius 2 is 1.89 bits per heavy atom. The maximum absolute atomic E-state index is 13.5. The fourth-order valence-electron chi connectivity index (χ4n) is 5.56. The molecule has 1 aliphatic carbocycles. The average molecular weight is 370 g/mol. The van der Waals surface area contributed by atoms with Crippen molar-refractivity contribution in [3.05, 3.63) is 40.1 Å². The van der Waals surface area contributed by atoms with E-state index in [9.17, 15) is 9.90 Å². The fraction of sp³-hybridized carbons (Fsp3) is 0.609. The minimum absolute atomic E-state index is 0.0637. The molecule has 1 N–H and O–H groups in total. The van der Waals surface area contributed by atoms with Gasteiger partial charge in [-0.15, -0.1) is 0 Å². The normalized spacial score (nSPS) is 31.9. The summed E-state index contributed by atoms with van der Waals surface area (Å²) in [6.07, 6.45) is 3.30. The van der Waals surface area contributed by atoms with Crippen LogP contribution in [-0.2, 0) is 27.1 Å². The Balaban J connectivity index is 1.85. The van der Waals surface area contributed by atoms with Crippen LogP contribution in [0, 0.1) is 18.8 Å². The molecule has 0 unspecified atom stereocenters. The molecule has 3 aliphatic rings. The second-order valence-corrected chi connectivity index (χ2v) is 8.19. The van der Waals surface area contributed by atoms with Gasteiger partial charge in [-0.3, -0.25) is 4.79 Å². The van der Waals surface area contributed by atoms with Crippen LogP contribution in [0.4, 0.5) is 0 Å². The van der Waals surface area contributed by atoms with E-state index in [1.165, 1.54) is 5.56 Å². The van der Waals surface area contributed by atoms with Gasteiger partial charge < -0.3 is 14.6 Å². The number of ether oxygens (including phenoxy) is 2. The van der Waals surface area contributed by atoms with Crippen LogP contribution in [0.2, 0.25) is 0 Å².